The van der Waals surface area contributed by atoms with Crippen LogP contribution in [-0.2, 0) is 9.59 Å². The number of carbonyl (C=O) groups excluding carboxylic acids is 1. The third kappa shape index (κ3) is 3.79. The fraction of sp³-hybridized carbons (Fsp3) is 0.133. The van der Waals surface area contributed by atoms with Gasteiger partial charge in [0.1, 0.15) is 18.8 Å². The van der Waals surface area contributed by atoms with Gasteiger partial charge in [0.2, 0.25) is 5.91 Å². The van der Waals surface area contributed by atoms with E-state index in [4.69, 9.17) is 5.11 Å². The number of carbonyl (C=O) groups is 2. The molecule has 0 unspecified atom stereocenters. The van der Waals surface area contributed by atoms with Crippen LogP contribution >= 0.6 is 0 Å². The maximum Gasteiger partial charge on any atom is 0.322 e. The number of carboxylic acid groups (broad SMARTS) is 1. The SMILES string of the molecule is O=C(O)CNC(=O)CN=Cc1c(O)ccc2ccccc12. The highest BCUT2D eigenvalue weighted by molar-refractivity contribution is 6.02. The number of nitrogens with zero attached hydrogens (tertiary/aromatic N) is 1. The fourth-order valence-corrected chi connectivity index (χ4v) is 1.87. The van der Waals surface area contributed by atoms with Crippen molar-refractivity contribution in [3.05, 3.63) is 42.0 Å². The molecule has 21 heavy (non-hydrogen) atoms. The number of benzene rings is 2. The molecule has 0 aliphatic heterocycles. The van der Waals surface area contributed by atoms with Crippen molar-refractivity contribution in [3.8, 4) is 5.75 Å². The summed E-state index contributed by atoms with van der Waals surface area (Å²) in [7, 11) is 0. The van der Waals surface area contributed by atoms with E-state index in [-0.39, 0.29) is 12.3 Å². The zero-order valence-electron chi connectivity index (χ0n) is 11.1. The highest BCUT2D eigenvalue weighted by Gasteiger charge is 2.05. The summed E-state index contributed by atoms with van der Waals surface area (Å²) in [6.45, 7) is -0.635. The second-order valence-corrected chi connectivity index (χ2v) is 4.36. The number of hydrogen-bond donors (Lipinski definition) is 3. The zero-order valence-corrected chi connectivity index (χ0v) is 11.1. The van der Waals surface area contributed by atoms with Gasteiger partial charge >= 0.3 is 5.97 Å². The summed E-state index contributed by atoms with van der Waals surface area (Å²) < 4.78 is 0. The van der Waals surface area contributed by atoms with E-state index in [1.165, 1.54) is 6.21 Å². The average Bonchev–Trinajstić information content (AvgIpc) is 2.47. The number of hydrogen-bond acceptors (Lipinski definition) is 4. The van der Waals surface area contributed by atoms with Gasteiger partial charge in [0.15, 0.2) is 0 Å². The number of phenols is 1. The van der Waals surface area contributed by atoms with Crippen molar-refractivity contribution in [2.45, 2.75) is 0 Å². The summed E-state index contributed by atoms with van der Waals surface area (Å²) in [6, 6.07) is 10.8. The Hall–Kier alpha value is -2.89. The lowest BCUT2D eigenvalue weighted by Gasteiger charge is -2.04. The van der Waals surface area contributed by atoms with E-state index >= 15 is 0 Å². The van der Waals surface area contributed by atoms with E-state index in [2.05, 4.69) is 10.3 Å². The smallest absolute Gasteiger partial charge is 0.322 e. The summed E-state index contributed by atoms with van der Waals surface area (Å²) in [5, 5.41) is 22.3. The molecule has 3 N–H and O–H groups in total. The van der Waals surface area contributed by atoms with Crippen LogP contribution in [-0.4, -0.2) is 41.4 Å². The van der Waals surface area contributed by atoms with Crippen molar-refractivity contribution in [2.24, 2.45) is 4.99 Å². The molecule has 0 saturated carbocycles. The molecule has 0 radical (unpaired) electrons. The van der Waals surface area contributed by atoms with E-state index in [0.717, 1.165) is 10.8 Å². The molecular formula is C15H14N2O4. The number of carboxylic acids is 1. The van der Waals surface area contributed by atoms with Gasteiger partial charge < -0.3 is 15.5 Å². The van der Waals surface area contributed by atoms with Crippen LogP contribution in [0.1, 0.15) is 5.56 Å². The van der Waals surface area contributed by atoms with Crippen molar-refractivity contribution < 1.29 is 19.8 Å². The van der Waals surface area contributed by atoms with Crippen LogP contribution < -0.4 is 5.32 Å². The van der Waals surface area contributed by atoms with Gasteiger partial charge in [-0.15, -0.1) is 0 Å². The molecule has 0 saturated heterocycles. The summed E-state index contributed by atoms with van der Waals surface area (Å²) in [6.07, 6.45) is 1.41. The van der Waals surface area contributed by atoms with Crippen molar-refractivity contribution >= 4 is 28.9 Å². The molecule has 0 aliphatic carbocycles. The average molecular weight is 286 g/mol. The van der Waals surface area contributed by atoms with Gasteiger partial charge in [0.05, 0.1) is 0 Å². The van der Waals surface area contributed by atoms with Crippen LogP contribution in [0.15, 0.2) is 41.4 Å². The normalized spacial score (nSPS) is 10.9. The van der Waals surface area contributed by atoms with Gasteiger partial charge in [0, 0.05) is 11.8 Å². The van der Waals surface area contributed by atoms with Crippen molar-refractivity contribution in [1.82, 2.24) is 5.32 Å². The van der Waals surface area contributed by atoms with Crippen LogP contribution in [0.25, 0.3) is 10.8 Å². The van der Waals surface area contributed by atoms with Crippen LogP contribution in [0.4, 0.5) is 0 Å². The van der Waals surface area contributed by atoms with E-state index in [9.17, 15) is 14.7 Å². The summed E-state index contributed by atoms with van der Waals surface area (Å²) in [5.74, 6) is -1.53. The quantitative estimate of drug-likeness (QED) is 0.718. The summed E-state index contributed by atoms with van der Waals surface area (Å²) >= 11 is 0. The van der Waals surface area contributed by atoms with E-state index < -0.39 is 18.4 Å². The molecule has 0 fully saturated rings. The lowest BCUT2D eigenvalue weighted by molar-refractivity contribution is -0.137. The third-order valence-corrected chi connectivity index (χ3v) is 2.84. The molecule has 6 nitrogen and oxygen atoms in total. The maximum absolute atomic E-state index is 11.3. The number of phenolic OH excluding ortho intramolecular Hbond substituents is 1. The summed E-state index contributed by atoms with van der Waals surface area (Å²) in [5.41, 5.74) is 0.527. The standard InChI is InChI=1S/C15H14N2O4/c18-13-6-5-10-3-1-2-4-11(10)12(13)7-16-8-14(19)17-9-15(20)21/h1-7,18H,8-9H2,(H,17,19)(H,20,21). The number of rotatable bonds is 5. The molecule has 0 heterocycles. The fourth-order valence-electron chi connectivity index (χ4n) is 1.87. The number of aliphatic carboxylic acids is 1. The van der Waals surface area contributed by atoms with Crippen molar-refractivity contribution in [3.63, 3.8) is 0 Å². The molecule has 0 atom stereocenters. The molecule has 0 spiro atoms. The number of aliphatic imine (C=N–C) groups is 1. The van der Waals surface area contributed by atoms with E-state index in [1.807, 2.05) is 24.3 Å². The van der Waals surface area contributed by atoms with E-state index in [0.29, 0.717) is 5.56 Å². The van der Waals surface area contributed by atoms with Crippen LogP contribution in [0.3, 0.4) is 0 Å². The lowest BCUT2D eigenvalue weighted by atomic mass is 10.0. The first kappa shape index (κ1) is 14.5. The number of aromatic hydroxyl groups is 1. The van der Waals surface area contributed by atoms with E-state index in [1.54, 1.807) is 12.1 Å². The largest absolute Gasteiger partial charge is 0.507 e. The Balaban J connectivity index is 2.12. The Kier molecular flexibility index (Phi) is 4.50. The number of fused-ring (bicyclic) bond motifs is 1. The second kappa shape index (κ2) is 6.51. The van der Waals surface area contributed by atoms with Gasteiger partial charge in [-0.3, -0.25) is 14.6 Å². The number of amides is 1. The molecule has 2 aromatic carbocycles. The minimum Gasteiger partial charge on any atom is -0.507 e. The van der Waals surface area contributed by atoms with Gasteiger partial charge in [-0.2, -0.15) is 0 Å². The molecule has 2 aromatic rings. The molecule has 0 bridgehead atoms. The lowest BCUT2D eigenvalue weighted by Crippen LogP contribution is -2.30. The predicted molar refractivity (Wildman–Crippen MR) is 78.7 cm³/mol. The van der Waals surface area contributed by atoms with Gasteiger partial charge in [-0.25, -0.2) is 0 Å². The Labute approximate surface area is 120 Å². The zero-order chi connectivity index (χ0) is 15.2. The Morgan fingerprint density at radius 1 is 1.19 bits per heavy atom. The highest BCUT2D eigenvalue weighted by atomic mass is 16.4. The third-order valence-electron chi connectivity index (χ3n) is 2.84. The minimum atomic E-state index is -1.11. The predicted octanol–water partition coefficient (Wildman–Crippen LogP) is 1.17. The molecule has 0 aliphatic rings. The molecule has 2 rings (SSSR count). The van der Waals surface area contributed by atoms with Crippen LogP contribution in [0.5, 0.6) is 5.75 Å². The Bertz CT molecular complexity index is 710. The van der Waals surface area contributed by atoms with Gasteiger partial charge in [0.25, 0.3) is 0 Å². The van der Waals surface area contributed by atoms with Crippen LogP contribution in [0, 0.1) is 0 Å². The first-order valence-corrected chi connectivity index (χ1v) is 6.27. The van der Waals surface area contributed by atoms with Crippen molar-refractivity contribution in [2.75, 3.05) is 13.1 Å². The minimum absolute atomic E-state index is 0.0726. The molecular weight excluding hydrogens is 272 g/mol. The van der Waals surface area contributed by atoms with Crippen LogP contribution in [0.2, 0.25) is 0 Å². The topological polar surface area (TPSA) is 99.0 Å². The highest BCUT2D eigenvalue weighted by Crippen LogP contribution is 2.25. The molecule has 0 aromatic heterocycles. The van der Waals surface area contributed by atoms with Crippen molar-refractivity contribution in [1.29, 1.82) is 0 Å². The maximum atomic E-state index is 11.3. The molecule has 108 valence electrons. The second-order valence-electron chi connectivity index (χ2n) is 4.36. The monoisotopic (exact) mass is 286 g/mol. The van der Waals surface area contributed by atoms with Gasteiger partial charge in [-0.1, -0.05) is 30.3 Å². The Morgan fingerprint density at radius 3 is 2.71 bits per heavy atom. The van der Waals surface area contributed by atoms with Gasteiger partial charge in [-0.05, 0) is 16.8 Å². The molecule has 1 amide bonds. The Morgan fingerprint density at radius 2 is 1.95 bits per heavy atom. The molecule has 6 heteroatoms. The number of nitrogens with one attached hydrogen (secondary N) is 1. The first-order chi connectivity index (χ1) is 10.1. The first-order valence-electron chi connectivity index (χ1n) is 6.27. The summed E-state index contributed by atoms with van der Waals surface area (Å²) in [4.78, 5) is 25.6.